The molecule has 1 saturated carbocycles. The highest BCUT2D eigenvalue weighted by molar-refractivity contribution is 5.40. The molecule has 3 N–H and O–H groups in total. The van der Waals surface area contributed by atoms with Gasteiger partial charge >= 0.3 is 0 Å². The third kappa shape index (κ3) is 2.25. The predicted molar refractivity (Wildman–Crippen MR) is 70.6 cm³/mol. The molecule has 0 saturated heterocycles. The molecule has 0 spiro atoms. The lowest BCUT2D eigenvalue weighted by Crippen LogP contribution is -2.34. The van der Waals surface area contributed by atoms with E-state index in [0.29, 0.717) is 0 Å². The van der Waals surface area contributed by atoms with Gasteiger partial charge in [-0.05, 0) is 55.4 Å². The monoisotopic (exact) mass is 247 g/mol. The minimum Gasteiger partial charge on any atom is -0.488 e. The molecule has 98 valence electrons. The van der Waals surface area contributed by atoms with Crippen LogP contribution in [0, 0.1) is 0 Å². The first-order valence-corrected chi connectivity index (χ1v) is 6.97. The number of nitrogens with two attached hydrogens (primary N) is 1. The molecule has 0 aromatic heterocycles. The molecular formula is C15H21NO2. The van der Waals surface area contributed by atoms with Crippen molar-refractivity contribution >= 4 is 0 Å². The summed E-state index contributed by atoms with van der Waals surface area (Å²) in [5.41, 5.74) is 8.59. The fraction of sp³-hybridized carbons (Fsp3) is 0.600. The Morgan fingerprint density at radius 3 is 2.83 bits per heavy atom. The maximum absolute atomic E-state index is 9.92. The van der Waals surface area contributed by atoms with Crippen LogP contribution in [0.1, 0.15) is 49.3 Å². The van der Waals surface area contributed by atoms with E-state index >= 15 is 0 Å². The molecule has 0 bridgehead atoms. The molecule has 2 aliphatic rings. The highest BCUT2D eigenvalue weighted by Crippen LogP contribution is 2.33. The van der Waals surface area contributed by atoms with Gasteiger partial charge in [0.15, 0.2) is 0 Å². The second kappa shape index (κ2) is 4.90. The number of ether oxygens (including phenoxy) is 1. The van der Waals surface area contributed by atoms with E-state index in [1.165, 1.54) is 11.1 Å². The van der Waals surface area contributed by atoms with Gasteiger partial charge in [-0.25, -0.2) is 0 Å². The Hall–Kier alpha value is -1.06. The quantitative estimate of drug-likeness (QED) is 0.843. The lowest BCUT2D eigenvalue weighted by atomic mass is 9.95. The van der Waals surface area contributed by atoms with Crippen molar-refractivity contribution in [2.75, 3.05) is 0 Å². The van der Waals surface area contributed by atoms with Crippen LogP contribution in [0.4, 0.5) is 0 Å². The van der Waals surface area contributed by atoms with Gasteiger partial charge < -0.3 is 15.6 Å². The lowest BCUT2D eigenvalue weighted by Gasteiger charge is -2.28. The normalized spacial score (nSPS) is 31.1. The van der Waals surface area contributed by atoms with Crippen LogP contribution >= 0.6 is 0 Å². The Balaban J connectivity index is 1.73. The molecular weight excluding hydrogens is 226 g/mol. The van der Waals surface area contributed by atoms with Crippen molar-refractivity contribution in [2.24, 2.45) is 5.73 Å². The SMILES string of the molecule is NC1CCc2cc(OC3CCCCC3O)ccc21. The topological polar surface area (TPSA) is 55.5 Å². The average molecular weight is 247 g/mol. The van der Waals surface area contributed by atoms with E-state index in [0.717, 1.165) is 44.3 Å². The summed E-state index contributed by atoms with van der Waals surface area (Å²) in [5.74, 6) is 0.883. The molecule has 3 atom stereocenters. The zero-order chi connectivity index (χ0) is 12.5. The summed E-state index contributed by atoms with van der Waals surface area (Å²) in [5, 5.41) is 9.92. The maximum Gasteiger partial charge on any atom is 0.124 e. The van der Waals surface area contributed by atoms with Gasteiger partial charge in [-0.15, -0.1) is 0 Å². The Bertz CT molecular complexity index is 433. The fourth-order valence-electron chi connectivity index (χ4n) is 3.09. The summed E-state index contributed by atoms with van der Waals surface area (Å²) < 4.78 is 5.94. The van der Waals surface area contributed by atoms with Gasteiger partial charge in [0.05, 0.1) is 6.10 Å². The van der Waals surface area contributed by atoms with Crippen LogP contribution in [-0.2, 0) is 6.42 Å². The van der Waals surface area contributed by atoms with E-state index in [1.54, 1.807) is 0 Å². The van der Waals surface area contributed by atoms with Gasteiger partial charge in [0.1, 0.15) is 11.9 Å². The van der Waals surface area contributed by atoms with E-state index in [9.17, 15) is 5.11 Å². The minimum atomic E-state index is -0.311. The summed E-state index contributed by atoms with van der Waals surface area (Å²) in [4.78, 5) is 0. The number of aliphatic hydroxyl groups is 1. The molecule has 3 rings (SSSR count). The van der Waals surface area contributed by atoms with Crippen LogP contribution in [0.5, 0.6) is 5.75 Å². The van der Waals surface area contributed by atoms with Crippen LogP contribution < -0.4 is 10.5 Å². The molecule has 18 heavy (non-hydrogen) atoms. The Morgan fingerprint density at radius 1 is 1.17 bits per heavy atom. The number of fused-ring (bicyclic) bond motifs is 1. The van der Waals surface area contributed by atoms with E-state index in [2.05, 4.69) is 12.1 Å². The van der Waals surface area contributed by atoms with Crippen molar-refractivity contribution in [1.29, 1.82) is 0 Å². The standard InChI is InChI=1S/C15H21NO2/c16-13-8-5-10-9-11(6-7-12(10)13)18-15-4-2-1-3-14(15)17/h6-7,9,13-15,17H,1-5,8,16H2. The number of benzene rings is 1. The molecule has 1 aromatic carbocycles. The van der Waals surface area contributed by atoms with Crippen molar-refractivity contribution < 1.29 is 9.84 Å². The minimum absolute atomic E-state index is 0.0353. The first-order valence-electron chi connectivity index (χ1n) is 6.97. The Labute approximate surface area is 108 Å². The summed E-state index contributed by atoms with van der Waals surface area (Å²) in [6.45, 7) is 0. The third-order valence-corrected chi connectivity index (χ3v) is 4.19. The molecule has 3 heteroatoms. The molecule has 2 aliphatic carbocycles. The van der Waals surface area contributed by atoms with Crippen molar-refractivity contribution in [3.8, 4) is 5.75 Å². The number of aryl methyl sites for hydroxylation is 1. The van der Waals surface area contributed by atoms with Gasteiger partial charge in [-0.3, -0.25) is 0 Å². The Morgan fingerprint density at radius 2 is 2.00 bits per heavy atom. The zero-order valence-corrected chi connectivity index (χ0v) is 10.6. The average Bonchev–Trinajstić information content (AvgIpc) is 2.74. The Kier molecular flexibility index (Phi) is 3.27. The second-order valence-corrected chi connectivity index (χ2v) is 5.51. The van der Waals surface area contributed by atoms with Crippen molar-refractivity contribution in [2.45, 2.75) is 56.8 Å². The summed E-state index contributed by atoms with van der Waals surface area (Å²) in [7, 11) is 0. The van der Waals surface area contributed by atoms with Crippen LogP contribution in [0.3, 0.4) is 0 Å². The van der Waals surface area contributed by atoms with Crippen LogP contribution in [0.15, 0.2) is 18.2 Å². The van der Waals surface area contributed by atoms with Gasteiger partial charge in [-0.1, -0.05) is 12.5 Å². The smallest absolute Gasteiger partial charge is 0.124 e. The van der Waals surface area contributed by atoms with Crippen molar-refractivity contribution in [1.82, 2.24) is 0 Å². The first kappa shape index (κ1) is 12.0. The number of rotatable bonds is 2. The molecule has 0 heterocycles. The molecule has 0 amide bonds. The molecule has 1 aromatic rings. The van der Waals surface area contributed by atoms with E-state index in [4.69, 9.17) is 10.5 Å². The van der Waals surface area contributed by atoms with Crippen LogP contribution in [0.25, 0.3) is 0 Å². The fourth-order valence-corrected chi connectivity index (χ4v) is 3.09. The molecule has 1 fully saturated rings. The van der Waals surface area contributed by atoms with Crippen molar-refractivity contribution in [3.05, 3.63) is 29.3 Å². The maximum atomic E-state index is 9.92. The van der Waals surface area contributed by atoms with Crippen LogP contribution in [0.2, 0.25) is 0 Å². The third-order valence-electron chi connectivity index (χ3n) is 4.19. The largest absolute Gasteiger partial charge is 0.488 e. The van der Waals surface area contributed by atoms with Crippen LogP contribution in [-0.4, -0.2) is 17.3 Å². The zero-order valence-electron chi connectivity index (χ0n) is 10.6. The summed E-state index contributed by atoms with van der Waals surface area (Å²) in [6.07, 6.45) is 5.81. The van der Waals surface area contributed by atoms with E-state index in [1.807, 2.05) is 6.07 Å². The van der Waals surface area contributed by atoms with Gasteiger partial charge in [-0.2, -0.15) is 0 Å². The predicted octanol–water partition coefficient (Wildman–Crippen LogP) is 2.31. The number of aliphatic hydroxyl groups excluding tert-OH is 1. The second-order valence-electron chi connectivity index (χ2n) is 5.51. The summed E-state index contributed by atoms with van der Waals surface area (Å²) in [6, 6.07) is 6.36. The number of hydrogen-bond acceptors (Lipinski definition) is 3. The molecule has 0 radical (unpaired) electrons. The molecule has 3 nitrogen and oxygen atoms in total. The highest BCUT2D eigenvalue weighted by Gasteiger charge is 2.25. The lowest BCUT2D eigenvalue weighted by molar-refractivity contribution is 0.00684. The van der Waals surface area contributed by atoms with E-state index in [-0.39, 0.29) is 18.2 Å². The summed E-state index contributed by atoms with van der Waals surface area (Å²) >= 11 is 0. The van der Waals surface area contributed by atoms with Gasteiger partial charge in [0.2, 0.25) is 0 Å². The number of hydrogen-bond donors (Lipinski definition) is 2. The molecule has 3 unspecified atom stereocenters. The highest BCUT2D eigenvalue weighted by atomic mass is 16.5. The van der Waals surface area contributed by atoms with E-state index < -0.39 is 0 Å². The van der Waals surface area contributed by atoms with Gasteiger partial charge in [0, 0.05) is 6.04 Å². The van der Waals surface area contributed by atoms with Crippen molar-refractivity contribution in [3.63, 3.8) is 0 Å². The van der Waals surface area contributed by atoms with Gasteiger partial charge in [0.25, 0.3) is 0 Å². The molecule has 0 aliphatic heterocycles. The first-order chi connectivity index (χ1) is 8.74.